The van der Waals surface area contributed by atoms with Gasteiger partial charge in [-0.15, -0.1) is 0 Å². The number of carboxylic acid groups (broad SMARTS) is 1. The lowest BCUT2D eigenvalue weighted by atomic mass is 9.92. The molecule has 0 saturated carbocycles. The first kappa shape index (κ1) is 17.3. The molecule has 0 aliphatic carbocycles. The van der Waals surface area contributed by atoms with E-state index in [4.69, 9.17) is 9.84 Å². The van der Waals surface area contributed by atoms with E-state index in [0.717, 1.165) is 35.9 Å². The van der Waals surface area contributed by atoms with Gasteiger partial charge in [0.2, 0.25) is 0 Å². The Hall–Kier alpha value is -2.56. The topological polar surface area (TPSA) is 66.8 Å². The molecule has 0 radical (unpaired) electrons. The van der Waals surface area contributed by atoms with Crippen LogP contribution in [0, 0.1) is 5.92 Å². The van der Waals surface area contributed by atoms with Gasteiger partial charge in [0.05, 0.1) is 7.11 Å². The molecule has 1 aliphatic heterocycles. The van der Waals surface area contributed by atoms with E-state index in [-0.39, 0.29) is 18.2 Å². The second kappa shape index (κ2) is 7.55. The van der Waals surface area contributed by atoms with Crippen molar-refractivity contribution in [2.75, 3.05) is 20.2 Å². The van der Waals surface area contributed by atoms with Gasteiger partial charge in [-0.1, -0.05) is 24.3 Å². The number of carbonyl (C=O) groups excluding carboxylic acids is 1. The second-order valence-electron chi connectivity index (χ2n) is 6.55. The highest BCUT2D eigenvalue weighted by atomic mass is 16.5. The number of aliphatic carboxylic acids is 1. The highest BCUT2D eigenvalue weighted by Gasteiger charge is 2.26. The van der Waals surface area contributed by atoms with E-state index in [0.29, 0.717) is 18.5 Å². The summed E-state index contributed by atoms with van der Waals surface area (Å²) < 4.78 is 5.40. The zero-order chi connectivity index (χ0) is 17.8. The molecular weight excluding hydrogens is 318 g/mol. The van der Waals surface area contributed by atoms with Crippen molar-refractivity contribution < 1.29 is 19.4 Å². The van der Waals surface area contributed by atoms with Crippen LogP contribution in [0.2, 0.25) is 0 Å². The lowest BCUT2D eigenvalue weighted by molar-refractivity contribution is -0.137. The maximum atomic E-state index is 13.1. The van der Waals surface area contributed by atoms with Crippen molar-refractivity contribution in [2.45, 2.75) is 25.7 Å². The number of likely N-dealkylation sites (tertiary alicyclic amines) is 1. The van der Waals surface area contributed by atoms with E-state index in [1.807, 2.05) is 41.3 Å². The first-order valence-electron chi connectivity index (χ1n) is 8.67. The third-order valence-corrected chi connectivity index (χ3v) is 4.91. The molecule has 2 aromatic carbocycles. The Morgan fingerprint density at radius 3 is 2.68 bits per heavy atom. The van der Waals surface area contributed by atoms with Crippen LogP contribution in [0.4, 0.5) is 0 Å². The van der Waals surface area contributed by atoms with Gasteiger partial charge in [-0.2, -0.15) is 0 Å². The second-order valence-corrected chi connectivity index (χ2v) is 6.55. The average Bonchev–Trinajstić information content (AvgIpc) is 2.65. The van der Waals surface area contributed by atoms with E-state index in [1.54, 1.807) is 7.11 Å². The highest BCUT2D eigenvalue weighted by Crippen LogP contribution is 2.30. The fourth-order valence-electron chi connectivity index (χ4n) is 3.62. The summed E-state index contributed by atoms with van der Waals surface area (Å²) >= 11 is 0. The van der Waals surface area contributed by atoms with Crippen molar-refractivity contribution in [1.29, 1.82) is 0 Å². The van der Waals surface area contributed by atoms with Crippen LogP contribution in [-0.2, 0) is 4.79 Å². The molecule has 25 heavy (non-hydrogen) atoms. The number of nitrogens with zero attached hydrogens (tertiary/aromatic N) is 1. The van der Waals surface area contributed by atoms with Crippen LogP contribution in [0.25, 0.3) is 10.8 Å². The third kappa shape index (κ3) is 3.76. The fourth-order valence-corrected chi connectivity index (χ4v) is 3.62. The fraction of sp³-hybridized carbons (Fsp3) is 0.400. The van der Waals surface area contributed by atoms with Crippen molar-refractivity contribution in [2.24, 2.45) is 5.92 Å². The zero-order valence-electron chi connectivity index (χ0n) is 14.4. The van der Waals surface area contributed by atoms with Crippen molar-refractivity contribution in [1.82, 2.24) is 4.90 Å². The van der Waals surface area contributed by atoms with Crippen molar-refractivity contribution in [3.05, 3.63) is 42.0 Å². The number of carboxylic acids is 1. The molecule has 1 saturated heterocycles. The summed E-state index contributed by atoms with van der Waals surface area (Å²) in [7, 11) is 1.63. The number of benzene rings is 2. The van der Waals surface area contributed by atoms with Gasteiger partial charge in [-0.25, -0.2) is 0 Å². The first-order valence-corrected chi connectivity index (χ1v) is 8.67. The Bertz CT molecular complexity index is 786. The lowest BCUT2D eigenvalue weighted by Crippen LogP contribution is -2.40. The van der Waals surface area contributed by atoms with Crippen LogP contribution in [0.15, 0.2) is 36.4 Å². The van der Waals surface area contributed by atoms with Gasteiger partial charge >= 0.3 is 5.97 Å². The SMILES string of the molecule is COc1ccc(C(=O)N2CCCC(CCC(=O)O)C2)c2ccccc12. The smallest absolute Gasteiger partial charge is 0.303 e. The maximum absolute atomic E-state index is 13.1. The number of piperidine rings is 1. The number of carbonyl (C=O) groups is 2. The minimum Gasteiger partial charge on any atom is -0.496 e. The number of ether oxygens (including phenoxy) is 1. The van der Waals surface area contributed by atoms with Crippen LogP contribution in [0.3, 0.4) is 0 Å². The van der Waals surface area contributed by atoms with Gasteiger partial charge in [-0.3, -0.25) is 9.59 Å². The molecule has 1 aliphatic rings. The quantitative estimate of drug-likeness (QED) is 0.903. The number of hydrogen-bond donors (Lipinski definition) is 1. The number of amides is 1. The Balaban J connectivity index is 1.83. The maximum Gasteiger partial charge on any atom is 0.303 e. The number of hydrogen-bond acceptors (Lipinski definition) is 3. The molecule has 1 N–H and O–H groups in total. The molecule has 0 aromatic heterocycles. The summed E-state index contributed by atoms with van der Waals surface area (Å²) in [4.78, 5) is 25.7. The summed E-state index contributed by atoms with van der Waals surface area (Å²) in [6.07, 6.45) is 2.70. The Kier molecular flexibility index (Phi) is 5.22. The number of fused-ring (bicyclic) bond motifs is 1. The van der Waals surface area contributed by atoms with Gasteiger partial charge in [0.25, 0.3) is 5.91 Å². The third-order valence-electron chi connectivity index (χ3n) is 4.91. The monoisotopic (exact) mass is 341 g/mol. The van der Waals surface area contributed by atoms with Gasteiger partial charge in [0, 0.05) is 30.5 Å². The number of rotatable bonds is 5. The van der Waals surface area contributed by atoms with E-state index >= 15 is 0 Å². The molecule has 2 aromatic rings. The number of methoxy groups -OCH3 is 1. The summed E-state index contributed by atoms with van der Waals surface area (Å²) in [6, 6.07) is 11.4. The molecule has 5 nitrogen and oxygen atoms in total. The largest absolute Gasteiger partial charge is 0.496 e. The van der Waals surface area contributed by atoms with E-state index in [1.165, 1.54) is 0 Å². The van der Waals surface area contributed by atoms with Crippen LogP contribution >= 0.6 is 0 Å². The summed E-state index contributed by atoms with van der Waals surface area (Å²) in [5.41, 5.74) is 0.676. The van der Waals surface area contributed by atoms with E-state index in [9.17, 15) is 9.59 Å². The van der Waals surface area contributed by atoms with Crippen LogP contribution < -0.4 is 4.74 Å². The molecule has 0 bridgehead atoms. The van der Waals surface area contributed by atoms with Crippen molar-refractivity contribution >= 4 is 22.6 Å². The van der Waals surface area contributed by atoms with Gasteiger partial charge in [0.15, 0.2) is 0 Å². The van der Waals surface area contributed by atoms with Crippen molar-refractivity contribution in [3.63, 3.8) is 0 Å². The predicted molar refractivity (Wildman–Crippen MR) is 96.0 cm³/mol. The normalized spacial score (nSPS) is 17.5. The summed E-state index contributed by atoms with van der Waals surface area (Å²) in [6.45, 7) is 1.36. The molecule has 3 rings (SSSR count). The molecule has 1 amide bonds. The Morgan fingerprint density at radius 1 is 1.20 bits per heavy atom. The molecule has 1 unspecified atom stereocenters. The Morgan fingerprint density at radius 2 is 1.96 bits per heavy atom. The van der Waals surface area contributed by atoms with Gasteiger partial charge < -0.3 is 14.7 Å². The molecular formula is C20H23NO4. The standard InChI is InChI=1S/C20H23NO4/c1-25-18-10-9-17(15-6-2-3-7-16(15)18)20(24)21-12-4-5-14(13-21)8-11-19(22)23/h2-3,6-7,9-10,14H,4-5,8,11-13H2,1H3,(H,22,23). The molecule has 1 fully saturated rings. The molecule has 1 atom stereocenters. The van der Waals surface area contributed by atoms with Crippen LogP contribution in [-0.4, -0.2) is 42.1 Å². The highest BCUT2D eigenvalue weighted by molar-refractivity contribution is 6.08. The summed E-state index contributed by atoms with van der Waals surface area (Å²) in [5, 5.41) is 10.7. The zero-order valence-corrected chi connectivity index (χ0v) is 14.4. The van der Waals surface area contributed by atoms with Gasteiger partial charge in [-0.05, 0) is 42.7 Å². The lowest BCUT2D eigenvalue weighted by Gasteiger charge is -2.33. The molecule has 1 heterocycles. The predicted octanol–water partition coefficient (Wildman–Crippen LogP) is 3.57. The minimum absolute atomic E-state index is 0.0129. The first-order chi connectivity index (χ1) is 12.1. The van der Waals surface area contributed by atoms with Gasteiger partial charge in [0.1, 0.15) is 5.75 Å². The van der Waals surface area contributed by atoms with E-state index < -0.39 is 5.97 Å². The summed E-state index contributed by atoms with van der Waals surface area (Å²) in [5.74, 6) is 0.256. The Labute approximate surface area is 147 Å². The molecule has 5 heteroatoms. The average molecular weight is 341 g/mol. The minimum atomic E-state index is -0.774. The molecule has 132 valence electrons. The molecule has 0 spiro atoms. The van der Waals surface area contributed by atoms with Crippen LogP contribution in [0.5, 0.6) is 5.75 Å². The van der Waals surface area contributed by atoms with Crippen molar-refractivity contribution in [3.8, 4) is 5.75 Å². The van der Waals surface area contributed by atoms with Crippen LogP contribution in [0.1, 0.15) is 36.0 Å². The van der Waals surface area contributed by atoms with E-state index in [2.05, 4.69) is 0 Å².